The molecular formula is C18H35N5O6. The molecule has 5 unspecified atom stereocenters. The number of carbonyl (C=O) groups is 4. The summed E-state index contributed by atoms with van der Waals surface area (Å²) in [6.07, 6.45) is 1.03. The molecule has 0 spiro atoms. The molecule has 0 aliphatic heterocycles. The van der Waals surface area contributed by atoms with Crippen molar-refractivity contribution in [3.05, 3.63) is 0 Å². The molecule has 9 N–H and O–H groups in total. The first-order valence-corrected chi connectivity index (χ1v) is 9.79. The number of aliphatic hydroxyl groups excluding tert-OH is 1. The number of carboxylic acid groups (broad SMARTS) is 1. The summed E-state index contributed by atoms with van der Waals surface area (Å²) < 4.78 is 0. The van der Waals surface area contributed by atoms with Gasteiger partial charge in [0.2, 0.25) is 17.7 Å². The van der Waals surface area contributed by atoms with Crippen molar-refractivity contribution in [3.63, 3.8) is 0 Å². The van der Waals surface area contributed by atoms with Crippen molar-refractivity contribution in [3.8, 4) is 0 Å². The minimum absolute atomic E-state index is 0.309. The van der Waals surface area contributed by atoms with E-state index in [2.05, 4.69) is 16.0 Å². The molecule has 0 saturated carbocycles. The smallest absolute Gasteiger partial charge is 0.322 e. The van der Waals surface area contributed by atoms with Gasteiger partial charge in [-0.05, 0) is 32.2 Å². The number of aliphatic carboxylic acids is 1. The van der Waals surface area contributed by atoms with Crippen LogP contribution in [-0.4, -0.2) is 71.2 Å². The summed E-state index contributed by atoms with van der Waals surface area (Å²) in [4.78, 5) is 47.8. The zero-order chi connectivity index (χ0) is 22.6. The normalized spacial score (nSPS) is 16.1. The molecule has 0 bridgehead atoms. The lowest BCUT2D eigenvalue weighted by atomic mass is 9.97. The van der Waals surface area contributed by atoms with Crippen molar-refractivity contribution < 1.29 is 29.4 Å². The van der Waals surface area contributed by atoms with Crippen LogP contribution < -0.4 is 27.4 Å². The minimum Gasteiger partial charge on any atom is -0.480 e. The van der Waals surface area contributed by atoms with Crippen molar-refractivity contribution in [1.29, 1.82) is 0 Å². The summed E-state index contributed by atoms with van der Waals surface area (Å²) in [6.45, 7) is 4.74. The topological polar surface area (TPSA) is 197 Å². The Balaban J connectivity index is 5.12. The molecule has 11 nitrogen and oxygen atoms in total. The number of nitrogens with two attached hydrogens (primary N) is 2. The fourth-order valence-electron chi connectivity index (χ4n) is 2.52. The number of rotatable bonds is 14. The molecule has 0 aromatic rings. The van der Waals surface area contributed by atoms with Crippen LogP contribution in [0.1, 0.15) is 46.5 Å². The number of carbonyl (C=O) groups excluding carboxylic acids is 3. The summed E-state index contributed by atoms with van der Waals surface area (Å²) in [7, 11) is 0. The predicted molar refractivity (Wildman–Crippen MR) is 107 cm³/mol. The summed E-state index contributed by atoms with van der Waals surface area (Å²) in [5.74, 6) is -3.55. The summed E-state index contributed by atoms with van der Waals surface area (Å²) in [5.41, 5.74) is 11.2. The van der Waals surface area contributed by atoms with Gasteiger partial charge in [-0.3, -0.25) is 19.2 Å². The van der Waals surface area contributed by atoms with Crippen molar-refractivity contribution in [1.82, 2.24) is 16.0 Å². The van der Waals surface area contributed by atoms with Crippen molar-refractivity contribution >= 4 is 23.7 Å². The highest BCUT2D eigenvalue weighted by Crippen LogP contribution is 2.09. The van der Waals surface area contributed by atoms with Gasteiger partial charge >= 0.3 is 5.97 Å². The van der Waals surface area contributed by atoms with Crippen LogP contribution in [0.2, 0.25) is 0 Å². The minimum atomic E-state index is -1.32. The maximum Gasteiger partial charge on any atom is 0.322 e. The number of aliphatic hydroxyl groups is 1. The van der Waals surface area contributed by atoms with Gasteiger partial charge in [-0.1, -0.05) is 26.7 Å². The van der Waals surface area contributed by atoms with Crippen LogP contribution >= 0.6 is 0 Å². The van der Waals surface area contributed by atoms with Gasteiger partial charge < -0.3 is 37.6 Å². The van der Waals surface area contributed by atoms with Gasteiger partial charge in [0.1, 0.15) is 18.6 Å². The van der Waals surface area contributed by atoms with E-state index in [9.17, 15) is 24.3 Å². The zero-order valence-electron chi connectivity index (χ0n) is 17.3. The van der Waals surface area contributed by atoms with Crippen LogP contribution in [0.3, 0.4) is 0 Å². The van der Waals surface area contributed by atoms with Crippen LogP contribution in [0.15, 0.2) is 0 Å². The Morgan fingerprint density at radius 2 is 1.55 bits per heavy atom. The van der Waals surface area contributed by atoms with Crippen LogP contribution in [-0.2, 0) is 19.2 Å². The molecule has 0 aromatic heterocycles. The maximum atomic E-state index is 12.6. The van der Waals surface area contributed by atoms with E-state index in [1.165, 1.54) is 6.92 Å². The second kappa shape index (κ2) is 13.9. The first kappa shape index (κ1) is 26.8. The number of unbranched alkanes of at least 4 members (excludes halogenated alkanes) is 1. The molecule has 168 valence electrons. The second-order valence-corrected chi connectivity index (χ2v) is 7.10. The van der Waals surface area contributed by atoms with E-state index in [-0.39, 0.29) is 5.92 Å². The number of carboxylic acids is 1. The van der Waals surface area contributed by atoms with E-state index in [4.69, 9.17) is 16.6 Å². The van der Waals surface area contributed by atoms with Crippen molar-refractivity contribution in [2.75, 3.05) is 13.1 Å². The summed E-state index contributed by atoms with van der Waals surface area (Å²) >= 11 is 0. The van der Waals surface area contributed by atoms with Gasteiger partial charge in [0.25, 0.3) is 0 Å². The molecule has 0 radical (unpaired) electrons. The Labute approximate surface area is 171 Å². The van der Waals surface area contributed by atoms with E-state index in [0.717, 1.165) is 0 Å². The average molecular weight is 418 g/mol. The largest absolute Gasteiger partial charge is 0.480 e. The molecular weight excluding hydrogens is 382 g/mol. The van der Waals surface area contributed by atoms with Gasteiger partial charge in [-0.25, -0.2) is 0 Å². The molecule has 0 aliphatic rings. The predicted octanol–water partition coefficient (Wildman–Crippen LogP) is -1.96. The molecule has 0 saturated heterocycles. The fraction of sp³-hybridized carbons (Fsp3) is 0.778. The SMILES string of the molecule is CCC(C)C(NC(=O)C(NC(=O)C(N)CCCCN)C(C)O)C(=O)NCC(=O)O. The third-order valence-corrected chi connectivity index (χ3v) is 4.58. The summed E-state index contributed by atoms with van der Waals surface area (Å²) in [5, 5.41) is 25.8. The van der Waals surface area contributed by atoms with Crippen molar-refractivity contribution in [2.45, 2.75) is 70.7 Å². The number of hydrogen-bond acceptors (Lipinski definition) is 7. The van der Waals surface area contributed by atoms with E-state index >= 15 is 0 Å². The third kappa shape index (κ3) is 10.2. The molecule has 0 aromatic carbocycles. The molecule has 0 heterocycles. The highest BCUT2D eigenvalue weighted by atomic mass is 16.4. The molecule has 5 atom stereocenters. The number of hydrogen-bond donors (Lipinski definition) is 7. The standard InChI is InChI=1S/C18H35N5O6/c1-4-10(2)14(17(28)21-9-13(25)26)22-18(29)15(11(3)24)23-16(27)12(20)7-5-6-8-19/h10-12,14-15,24H,4-9,19-20H2,1-3H3,(H,21,28)(H,22,29)(H,23,27)(H,25,26). The van der Waals surface area contributed by atoms with E-state index in [0.29, 0.717) is 32.2 Å². The Bertz CT molecular complexity index is 557. The molecule has 11 heteroatoms. The highest BCUT2D eigenvalue weighted by Gasteiger charge is 2.32. The van der Waals surface area contributed by atoms with E-state index in [1.807, 2.05) is 6.92 Å². The molecule has 3 amide bonds. The monoisotopic (exact) mass is 417 g/mol. The summed E-state index contributed by atoms with van der Waals surface area (Å²) in [6, 6.07) is -3.20. The Morgan fingerprint density at radius 3 is 2.03 bits per heavy atom. The van der Waals surface area contributed by atoms with Crippen molar-refractivity contribution in [2.24, 2.45) is 17.4 Å². The van der Waals surface area contributed by atoms with Gasteiger partial charge in [0, 0.05) is 0 Å². The first-order valence-electron chi connectivity index (χ1n) is 9.79. The van der Waals surface area contributed by atoms with Crippen LogP contribution in [0.5, 0.6) is 0 Å². The lowest BCUT2D eigenvalue weighted by Gasteiger charge is -2.28. The second-order valence-electron chi connectivity index (χ2n) is 7.10. The van der Waals surface area contributed by atoms with Crippen LogP contribution in [0, 0.1) is 5.92 Å². The molecule has 0 aliphatic carbocycles. The van der Waals surface area contributed by atoms with Gasteiger partial charge in [-0.15, -0.1) is 0 Å². The lowest BCUT2D eigenvalue weighted by Crippen LogP contribution is -2.60. The van der Waals surface area contributed by atoms with E-state index < -0.39 is 54.5 Å². The average Bonchev–Trinajstić information content (AvgIpc) is 2.66. The lowest BCUT2D eigenvalue weighted by molar-refractivity contribution is -0.139. The highest BCUT2D eigenvalue weighted by molar-refractivity contribution is 5.94. The van der Waals surface area contributed by atoms with E-state index in [1.54, 1.807) is 6.92 Å². The fourth-order valence-corrected chi connectivity index (χ4v) is 2.52. The van der Waals surface area contributed by atoms with Gasteiger partial charge in [-0.2, -0.15) is 0 Å². The molecule has 29 heavy (non-hydrogen) atoms. The van der Waals surface area contributed by atoms with Crippen LogP contribution in [0.25, 0.3) is 0 Å². The number of amides is 3. The third-order valence-electron chi connectivity index (χ3n) is 4.58. The van der Waals surface area contributed by atoms with Gasteiger partial charge in [0.05, 0.1) is 12.1 Å². The Kier molecular flexibility index (Phi) is 12.8. The zero-order valence-corrected chi connectivity index (χ0v) is 17.3. The Morgan fingerprint density at radius 1 is 0.966 bits per heavy atom. The first-order chi connectivity index (χ1) is 13.5. The quantitative estimate of drug-likeness (QED) is 0.158. The molecule has 0 rings (SSSR count). The van der Waals surface area contributed by atoms with Gasteiger partial charge in [0.15, 0.2) is 0 Å². The van der Waals surface area contributed by atoms with Crippen LogP contribution in [0.4, 0.5) is 0 Å². The number of nitrogens with one attached hydrogen (secondary N) is 3. The maximum absolute atomic E-state index is 12.6. The molecule has 0 fully saturated rings. The Hall–Kier alpha value is -2.24.